The summed E-state index contributed by atoms with van der Waals surface area (Å²) in [6.07, 6.45) is 1.22. The number of nitrogens with one attached hydrogen (secondary N) is 1. The summed E-state index contributed by atoms with van der Waals surface area (Å²) in [4.78, 5) is 11.4. The van der Waals surface area contributed by atoms with Gasteiger partial charge in [0.1, 0.15) is 17.5 Å². The molecule has 1 aliphatic heterocycles. The molecule has 1 aromatic heterocycles. The summed E-state index contributed by atoms with van der Waals surface area (Å²) in [6, 6.07) is 1.94. The molecule has 0 radical (unpaired) electrons. The van der Waals surface area contributed by atoms with E-state index in [1.165, 1.54) is 6.42 Å². The van der Waals surface area contributed by atoms with Gasteiger partial charge in [0.05, 0.1) is 0 Å². The molecule has 1 fully saturated rings. The molecule has 3 N–H and O–H groups in total. The second-order valence-corrected chi connectivity index (χ2v) is 5.96. The van der Waals surface area contributed by atoms with Crippen molar-refractivity contribution < 1.29 is 0 Å². The second-order valence-electron chi connectivity index (χ2n) is 5.96. The molecule has 0 aliphatic carbocycles. The summed E-state index contributed by atoms with van der Waals surface area (Å²) in [6.45, 7) is 10.9. The predicted molar refractivity (Wildman–Crippen MR) is 79.1 cm³/mol. The van der Waals surface area contributed by atoms with Crippen molar-refractivity contribution in [2.75, 3.05) is 23.4 Å². The number of hydrogen-bond donors (Lipinski definition) is 2. The van der Waals surface area contributed by atoms with E-state index in [2.05, 4.69) is 48.0 Å². The summed E-state index contributed by atoms with van der Waals surface area (Å²) in [7, 11) is 0. The lowest BCUT2D eigenvalue weighted by atomic mass is 9.89. The fraction of sp³-hybridized carbons (Fsp3) is 0.714. The van der Waals surface area contributed by atoms with E-state index in [0.29, 0.717) is 17.7 Å². The molecule has 1 aromatic rings. The van der Waals surface area contributed by atoms with Gasteiger partial charge in [-0.25, -0.2) is 15.8 Å². The lowest BCUT2D eigenvalue weighted by Gasteiger charge is -2.36. The van der Waals surface area contributed by atoms with E-state index in [1.807, 2.05) is 6.07 Å². The Labute approximate surface area is 115 Å². The molecule has 0 aromatic carbocycles. The van der Waals surface area contributed by atoms with Gasteiger partial charge in [0.15, 0.2) is 0 Å². The van der Waals surface area contributed by atoms with Gasteiger partial charge in [0.2, 0.25) is 0 Å². The van der Waals surface area contributed by atoms with Crippen LogP contribution in [0.5, 0.6) is 0 Å². The summed E-state index contributed by atoms with van der Waals surface area (Å²) >= 11 is 0. The van der Waals surface area contributed by atoms with Gasteiger partial charge in [-0.05, 0) is 18.3 Å². The molecular weight excluding hydrogens is 238 g/mol. The second kappa shape index (κ2) is 5.74. The van der Waals surface area contributed by atoms with Crippen LogP contribution in [0.1, 0.15) is 45.9 Å². The first-order valence-electron chi connectivity index (χ1n) is 7.11. The SMILES string of the molecule is CC(C)c1nc(NN)cc(N2CCC(C)C(C)C2)n1. The fourth-order valence-electron chi connectivity index (χ4n) is 2.42. The van der Waals surface area contributed by atoms with Crippen LogP contribution in [0.3, 0.4) is 0 Å². The molecule has 0 amide bonds. The fourth-order valence-corrected chi connectivity index (χ4v) is 2.42. The third kappa shape index (κ3) is 3.15. The zero-order chi connectivity index (χ0) is 14.0. The van der Waals surface area contributed by atoms with Gasteiger partial charge in [0, 0.05) is 25.1 Å². The maximum absolute atomic E-state index is 5.51. The van der Waals surface area contributed by atoms with Gasteiger partial charge < -0.3 is 10.3 Å². The molecule has 106 valence electrons. The van der Waals surface area contributed by atoms with Crippen LogP contribution in [0.2, 0.25) is 0 Å². The minimum absolute atomic E-state index is 0.299. The van der Waals surface area contributed by atoms with Gasteiger partial charge in [-0.1, -0.05) is 27.7 Å². The van der Waals surface area contributed by atoms with E-state index in [1.54, 1.807) is 0 Å². The highest BCUT2D eigenvalue weighted by molar-refractivity contribution is 5.49. The number of hydrazine groups is 1. The number of aromatic nitrogens is 2. The molecule has 2 unspecified atom stereocenters. The van der Waals surface area contributed by atoms with Crippen molar-refractivity contribution in [1.29, 1.82) is 0 Å². The predicted octanol–water partition coefficient (Wildman–Crippen LogP) is 2.37. The number of nitrogen functional groups attached to an aromatic ring is 1. The Kier molecular flexibility index (Phi) is 4.24. The smallest absolute Gasteiger partial charge is 0.145 e. The number of rotatable bonds is 3. The lowest BCUT2D eigenvalue weighted by molar-refractivity contribution is 0.322. The van der Waals surface area contributed by atoms with Crippen molar-refractivity contribution in [3.8, 4) is 0 Å². The lowest BCUT2D eigenvalue weighted by Crippen LogP contribution is -2.39. The maximum atomic E-state index is 5.51. The Morgan fingerprint density at radius 2 is 2.05 bits per heavy atom. The Morgan fingerprint density at radius 3 is 2.63 bits per heavy atom. The monoisotopic (exact) mass is 263 g/mol. The number of hydrogen-bond acceptors (Lipinski definition) is 5. The first-order valence-corrected chi connectivity index (χ1v) is 7.11. The van der Waals surface area contributed by atoms with Gasteiger partial charge in [-0.15, -0.1) is 0 Å². The van der Waals surface area contributed by atoms with E-state index >= 15 is 0 Å². The van der Waals surface area contributed by atoms with E-state index in [4.69, 9.17) is 5.84 Å². The summed E-state index contributed by atoms with van der Waals surface area (Å²) in [5.41, 5.74) is 2.64. The molecule has 5 heteroatoms. The van der Waals surface area contributed by atoms with Crippen molar-refractivity contribution in [2.45, 2.75) is 40.0 Å². The summed E-state index contributed by atoms with van der Waals surface area (Å²) in [5, 5.41) is 0. The van der Waals surface area contributed by atoms with E-state index in [-0.39, 0.29) is 0 Å². The first kappa shape index (κ1) is 14.1. The number of piperidine rings is 1. The molecule has 2 atom stereocenters. The topological polar surface area (TPSA) is 67.1 Å². The Hall–Kier alpha value is -1.36. The third-order valence-corrected chi connectivity index (χ3v) is 4.05. The first-order chi connectivity index (χ1) is 9.01. The zero-order valence-electron chi connectivity index (χ0n) is 12.3. The maximum Gasteiger partial charge on any atom is 0.145 e. The van der Waals surface area contributed by atoms with E-state index in [0.717, 1.165) is 30.6 Å². The van der Waals surface area contributed by atoms with Gasteiger partial charge in [-0.3, -0.25) is 0 Å². The van der Waals surface area contributed by atoms with Crippen molar-refractivity contribution in [1.82, 2.24) is 9.97 Å². The van der Waals surface area contributed by atoms with Crippen LogP contribution in [-0.2, 0) is 0 Å². The molecule has 5 nitrogen and oxygen atoms in total. The van der Waals surface area contributed by atoms with Crippen LogP contribution in [0.4, 0.5) is 11.6 Å². The molecular formula is C14H25N5. The van der Waals surface area contributed by atoms with Crippen LogP contribution in [0.15, 0.2) is 6.07 Å². The Bertz CT molecular complexity index is 432. The third-order valence-electron chi connectivity index (χ3n) is 4.05. The number of nitrogens with zero attached hydrogens (tertiary/aromatic N) is 3. The molecule has 2 rings (SSSR count). The minimum atomic E-state index is 0.299. The standard InChI is InChI=1S/C14H25N5/c1-9(2)14-16-12(18-15)7-13(17-14)19-6-5-10(3)11(4)8-19/h7,9-11H,5-6,8,15H2,1-4H3,(H,16,17,18). The van der Waals surface area contributed by atoms with Crippen molar-refractivity contribution in [2.24, 2.45) is 17.7 Å². The van der Waals surface area contributed by atoms with Gasteiger partial charge >= 0.3 is 0 Å². The summed E-state index contributed by atoms with van der Waals surface area (Å²) < 4.78 is 0. The van der Waals surface area contributed by atoms with Crippen molar-refractivity contribution in [3.63, 3.8) is 0 Å². The molecule has 0 saturated carbocycles. The average Bonchev–Trinajstić information content (AvgIpc) is 2.41. The van der Waals surface area contributed by atoms with Gasteiger partial charge in [0.25, 0.3) is 0 Å². The highest BCUT2D eigenvalue weighted by Crippen LogP contribution is 2.27. The van der Waals surface area contributed by atoms with Crippen LogP contribution >= 0.6 is 0 Å². The Morgan fingerprint density at radius 1 is 1.32 bits per heavy atom. The van der Waals surface area contributed by atoms with Crippen LogP contribution in [0, 0.1) is 11.8 Å². The van der Waals surface area contributed by atoms with E-state index < -0.39 is 0 Å². The quantitative estimate of drug-likeness (QED) is 0.647. The Balaban J connectivity index is 2.26. The van der Waals surface area contributed by atoms with Crippen molar-refractivity contribution >= 4 is 11.6 Å². The normalized spacial score (nSPS) is 23.8. The van der Waals surface area contributed by atoms with E-state index in [9.17, 15) is 0 Å². The largest absolute Gasteiger partial charge is 0.356 e. The molecule has 0 spiro atoms. The number of nitrogens with two attached hydrogens (primary N) is 1. The highest BCUT2D eigenvalue weighted by atomic mass is 15.3. The van der Waals surface area contributed by atoms with Crippen LogP contribution in [-0.4, -0.2) is 23.1 Å². The zero-order valence-corrected chi connectivity index (χ0v) is 12.3. The molecule has 19 heavy (non-hydrogen) atoms. The highest BCUT2D eigenvalue weighted by Gasteiger charge is 2.24. The van der Waals surface area contributed by atoms with Crippen LogP contribution in [0.25, 0.3) is 0 Å². The molecule has 1 saturated heterocycles. The average molecular weight is 263 g/mol. The number of anilines is 2. The summed E-state index contributed by atoms with van der Waals surface area (Å²) in [5.74, 6) is 9.82. The van der Waals surface area contributed by atoms with Crippen molar-refractivity contribution in [3.05, 3.63) is 11.9 Å². The van der Waals surface area contributed by atoms with Crippen LogP contribution < -0.4 is 16.2 Å². The molecule has 1 aliphatic rings. The van der Waals surface area contributed by atoms with Gasteiger partial charge in [-0.2, -0.15) is 0 Å². The molecule has 0 bridgehead atoms. The minimum Gasteiger partial charge on any atom is -0.356 e. The molecule has 2 heterocycles.